The molecular formula is C9H16N4O3S2. The highest BCUT2D eigenvalue weighted by atomic mass is 32.2. The summed E-state index contributed by atoms with van der Waals surface area (Å²) >= 11 is 0.902. The summed E-state index contributed by atoms with van der Waals surface area (Å²) in [6.45, 7) is 1.78. The number of sulfone groups is 1. The Morgan fingerprint density at radius 2 is 1.89 bits per heavy atom. The van der Waals surface area contributed by atoms with Gasteiger partial charge in [0.1, 0.15) is 0 Å². The maximum atomic E-state index is 11.8. The van der Waals surface area contributed by atoms with Crippen LogP contribution in [0.25, 0.3) is 0 Å². The van der Waals surface area contributed by atoms with Gasteiger partial charge in [-0.3, -0.25) is 4.90 Å². The van der Waals surface area contributed by atoms with E-state index in [4.69, 9.17) is 0 Å². The number of hydrogen-bond acceptors (Lipinski definition) is 6. The van der Waals surface area contributed by atoms with Crippen LogP contribution in [-0.4, -0.2) is 56.4 Å². The molecule has 0 unspecified atom stereocenters. The molecule has 0 saturated heterocycles. The quantitative estimate of drug-likeness (QED) is 0.768. The second-order valence-electron chi connectivity index (χ2n) is 3.91. The maximum Gasteiger partial charge on any atom is 0.325 e. The van der Waals surface area contributed by atoms with Crippen molar-refractivity contribution in [2.75, 3.05) is 31.8 Å². The van der Waals surface area contributed by atoms with Crippen molar-refractivity contribution in [3.05, 3.63) is 0 Å². The minimum Gasteiger partial charge on any atom is -0.330 e. The number of carbonyl (C=O) groups is 1. The van der Waals surface area contributed by atoms with Gasteiger partial charge in [0.25, 0.3) is 0 Å². The summed E-state index contributed by atoms with van der Waals surface area (Å²) in [6, 6.07) is -0.286. The highest BCUT2D eigenvalue weighted by Gasteiger charge is 2.23. The third kappa shape index (κ3) is 3.16. The number of rotatable bonds is 4. The van der Waals surface area contributed by atoms with Gasteiger partial charge in [-0.25, -0.2) is 13.2 Å². The van der Waals surface area contributed by atoms with Gasteiger partial charge >= 0.3 is 6.03 Å². The molecule has 0 N–H and O–H groups in total. The molecule has 2 amide bonds. The molecule has 0 aromatic carbocycles. The number of hydrogen-bond donors (Lipinski definition) is 0. The van der Waals surface area contributed by atoms with Gasteiger partial charge in [0.15, 0.2) is 0 Å². The van der Waals surface area contributed by atoms with E-state index in [2.05, 4.69) is 10.2 Å². The van der Waals surface area contributed by atoms with Crippen LogP contribution in [-0.2, 0) is 9.84 Å². The van der Waals surface area contributed by atoms with Crippen LogP contribution in [0.4, 0.5) is 9.93 Å². The van der Waals surface area contributed by atoms with Crippen molar-refractivity contribution in [3.63, 3.8) is 0 Å². The lowest BCUT2D eigenvalue weighted by molar-refractivity contribution is 0.225. The molecule has 9 heteroatoms. The maximum absolute atomic E-state index is 11.8. The third-order valence-corrected chi connectivity index (χ3v) is 5.46. The molecule has 0 atom stereocenters. The number of urea groups is 1. The fourth-order valence-corrected chi connectivity index (χ4v) is 3.59. The number of anilines is 1. The van der Waals surface area contributed by atoms with Crippen LogP contribution in [0, 0.1) is 0 Å². The number of carbonyl (C=O) groups excluding carboxylic acids is 1. The average Bonchev–Trinajstić information content (AvgIpc) is 2.76. The lowest BCUT2D eigenvalue weighted by atomic mass is 10.6. The van der Waals surface area contributed by atoms with Crippen LogP contribution in [0.2, 0.25) is 0 Å². The van der Waals surface area contributed by atoms with Crippen molar-refractivity contribution in [2.24, 2.45) is 0 Å². The van der Waals surface area contributed by atoms with E-state index in [0.717, 1.165) is 11.3 Å². The fourth-order valence-electron chi connectivity index (χ4n) is 1.20. The first-order valence-electron chi connectivity index (χ1n) is 5.31. The lowest BCUT2D eigenvalue weighted by Gasteiger charge is -2.18. The lowest BCUT2D eigenvalue weighted by Crippen LogP contribution is -2.36. The van der Waals surface area contributed by atoms with Crippen molar-refractivity contribution in [3.8, 4) is 0 Å². The first-order chi connectivity index (χ1) is 8.29. The Kier molecular flexibility index (Phi) is 4.63. The van der Waals surface area contributed by atoms with Crippen LogP contribution in [0.15, 0.2) is 4.34 Å². The van der Waals surface area contributed by atoms with Gasteiger partial charge in [-0.15, -0.1) is 10.2 Å². The SMILES string of the molecule is CCCS(=O)(=O)c1nnc(N(C)C(=O)N(C)C)s1. The molecule has 0 aliphatic carbocycles. The Labute approximate surface area is 110 Å². The highest BCUT2D eigenvalue weighted by Crippen LogP contribution is 2.24. The van der Waals surface area contributed by atoms with Crippen molar-refractivity contribution < 1.29 is 13.2 Å². The second-order valence-corrected chi connectivity index (χ2v) is 7.14. The van der Waals surface area contributed by atoms with Crippen molar-refractivity contribution >= 4 is 32.3 Å². The van der Waals surface area contributed by atoms with Crippen LogP contribution in [0.1, 0.15) is 13.3 Å². The molecule has 1 aromatic heterocycles. The number of amides is 2. The monoisotopic (exact) mass is 292 g/mol. The normalized spacial score (nSPS) is 11.3. The van der Waals surface area contributed by atoms with E-state index >= 15 is 0 Å². The topological polar surface area (TPSA) is 83.5 Å². The summed E-state index contributed by atoms with van der Waals surface area (Å²) in [5.74, 6) is 0.0347. The smallest absolute Gasteiger partial charge is 0.325 e. The molecule has 1 heterocycles. The second kappa shape index (κ2) is 5.61. The van der Waals surface area contributed by atoms with Crippen LogP contribution < -0.4 is 4.90 Å². The van der Waals surface area contributed by atoms with E-state index in [-0.39, 0.29) is 21.3 Å². The summed E-state index contributed by atoms with van der Waals surface area (Å²) in [5, 5.41) is 7.64. The zero-order valence-electron chi connectivity index (χ0n) is 10.7. The Balaban J connectivity index is 2.97. The van der Waals surface area contributed by atoms with Crippen molar-refractivity contribution in [1.29, 1.82) is 0 Å². The van der Waals surface area contributed by atoms with Gasteiger partial charge in [0.05, 0.1) is 5.75 Å². The van der Waals surface area contributed by atoms with E-state index in [1.54, 1.807) is 21.0 Å². The van der Waals surface area contributed by atoms with Crippen molar-refractivity contribution in [2.45, 2.75) is 17.7 Å². The predicted octanol–water partition coefficient (Wildman–Crippen LogP) is 0.840. The average molecular weight is 292 g/mol. The summed E-state index contributed by atoms with van der Waals surface area (Å²) in [5.41, 5.74) is 0. The Hall–Kier alpha value is -1.22. The molecule has 1 rings (SSSR count). The van der Waals surface area contributed by atoms with Gasteiger partial charge in [0, 0.05) is 21.1 Å². The molecule has 0 fully saturated rings. The first-order valence-corrected chi connectivity index (χ1v) is 7.77. The van der Waals surface area contributed by atoms with Crippen molar-refractivity contribution in [1.82, 2.24) is 15.1 Å². The molecule has 18 heavy (non-hydrogen) atoms. The molecule has 0 saturated carbocycles. The van der Waals surface area contributed by atoms with E-state index < -0.39 is 9.84 Å². The van der Waals surface area contributed by atoms with Crippen LogP contribution in [0.3, 0.4) is 0 Å². The van der Waals surface area contributed by atoms with E-state index in [0.29, 0.717) is 6.42 Å². The molecule has 7 nitrogen and oxygen atoms in total. The molecule has 0 aliphatic heterocycles. The number of aromatic nitrogens is 2. The minimum atomic E-state index is -3.38. The zero-order chi connectivity index (χ0) is 13.9. The predicted molar refractivity (Wildman–Crippen MR) is 69.7 cm³/mol. The summed E-state index contributed by atoms with van der Waals surface area (Å²) in [7, 11) is 1.36. The first kappa shape index (κ1) is 14.8. The van der Waals surface area contributed by atoms with Crippen LogP contribution in [0.5, 0.6) is 0 Å². The third-order valence-electron chi connectivity index (χ3n) is 2.09. The molecule has 0 aliphatic rings. The molecule has 0 radical (unpaired) electrons. The van der Waals surface area contributed by atoms with Gasteiger partial charge < -0.3 is 4.90 Å². The highest BCUT2D eigenvalue weighted by molar-refractivity contribution is 7.93. The molecule has 1 aromatic rings. The van der Waals surface area contributed by atoms with E-state index in [1.165, 1.54) is 16.8 Å². The molecule has 0 spiro atoms. The van der Waals surface area contributed by atoms with Gasteiger partial charge in [-0.2, -0.15) is 0 Å². The Morgan fingerprint density at radius 1 is 1.28 bits per heavy atom. The Bertz CT molecular complexity index is 524. The largest absolute Gasteiger partial charge is 0.330 e. The fraction of sp³-hybridized carbons (Fsp3) is 0.667. The van der Waals surface area contributed by atoms with Gasteiger partial charge in [-0.1, -0.05) is 18.3 Å². The molecule has 0 bridgehead atoms. The van der Waals surface area contributed by atoms with Gasteiger partial charge in [0.2, 0.25) is 19.3 Å². The van der Waals surface area contributed by atoms with E-state index in [1.807, 2.05) is 0 Å². The summed E-state index contributed by atoms with van der Waals surface area (Å²) < 4.78 is 23.5. The minimum absolute atomic E-state index is 0.0347. The Morgan fingerprint density at radius 3 is 2.39 bits per heavy atom. The van der Waals surface area contributed by atoms with Gasteiger partial charge in [-0.05, 0) is 6.42 Å². The molecular weight excluding hydrogens is 276 g/mol. The summed E-state index contributed by atoms with van der Waals surface area (Å²) in [4.78, 5) is 14.3. The van der Waals surface area contributed by atoms with E-state index in [9.17, 15) is 13.2 Å². The standard InChI is InChI=1S/C9H16N4O3S2/c1-5-6-18(15,16)8-11-10-7(17-8)13(4)9(14)12(2)3/h5-6H2,1-4H3. The summed E-state index contributed by atoms with van der Waals surface area (Å²) in [6.07, 6.45) is 0.518. The van der Waals surface area contributed by atoms with Crippen LogP contribution >= 0.6 is 11.3 Å². The molecule has 102 valence electrons. The number of nitrogens with zero attached hydrogens (tertiary/aromatic N) is 4. The zero-order valence-corrected chi connectivity index (χ0v) is 12.4.